The van der Waals surface area contributed by atoms with Gasteiger partial charge in [-0.3, -0.25) is 19.3 Å². The Hall–Kier alpha value is -2.74. The Kier molecular flexibility index (Phi) is 5.13. The van der Waals surface area contributed by atoms with Crippen molar-refractivity contribution in [3.8, 4) is 0 Å². The fourth-order valence-corrected chi connectivity index (χ4v) is 3.96. The monoisotopic (exact) mass is 383 g/mol. The summed E-state index contributed by atoms with van der Waals surface area (Å²) >= 11 is 0. The number of carbonyl (C=O) groups is 2. The quantitative estimate of drug-likeness (QED) is 0.804. The van der Waals surface area contributed by atoms with Crippen LogP contribution in [-0.2, 0) is 11.8 Å². The van der Waals surface area contributed by atoms with Crippen LogP contribution >= 0.6 is 0 Å². The van der Waals surface area contributed by atoms with Crippen molar-refractivity contribution in [1.82, 2.24) is 24.6 Å². The third-order valence-electron chi connectivity index (χ3n) is 5.43. The standard InChI is InChI=1S/C20H25N5O3/c1-14-16(13-23(2)22-14)20(27)25-7-3-4-18(25)17-6-5-15(12-21-17)19(26)24-8-10-28-11-9-24/h5-6,12-13,18H,3-4,7-11H2,1-2H3/t18-/m0/s1. The predicted octanol–water partition coefficient (Wildman–Crippen LogP) is 1.57. The van der Waals surface area contributed by atoms with Gasteiger partial charge in [-0.2, -0.15) is 5.10 Å². The molecular weight excluding hydrogens is 358 g/mol. The highest BCUT2D eigenvalue weighted by Crippen LogP contribution is 2.32. The van der Waals surface area contributed by atoms with Gasteiger partial charge in [0.15, 0.2) is 0 Å². The van der Waals surface area contributed by atoms with E-state index in [0.29, 0.717) is 44.0 Å². The number of aromatic nitrogens is 3. The third kappa shape index (κ3) is 3.52. The fraction of sp³-hybridized carbons (Fsp3) is 0.500. The van der Waals surface area contributed by atoms with Gasteiger partial charge in [-0.1, -0.05) is 0 Å². The summed E-state index contributed by atoms with van der Waals surface area (Å²) in [7, 11) is 1.82. The summed E-state index contributed by atoms with van der Waals surface area (Å²) in [6, 6.07) is 3.62. The van der Waals surface area contributed by atoms with E-state index in [-0.39, 0.29) is 17.9 Å². The number of amides is 2. The molecule has 2 saturated heterocycles. The molecule has 0 aliphatic carbocycles. The molecule has 0 radical (unpaired) electrons. The van der Waals surface area contributed by atoms with Gasteiger partial charge in [-0.25, -0.2) is 0 Å². The SMILES string of the molecule is Cc1nn(C)cc1C(=O)N1CCC[C@H]1c1ccc(C(=O)N2CCOCC2)cn1. The molecule has 2 amide bonds. The molecule has 0 bridgehead atoms. The maximum Gasteiger partial charge on any atom is 0.257 e. The normalized spacial score (nSPS) is 19.9. The minimum absolute atomic E-state index is 0.0108. The maximum absolute atomic E-state index is 13.0. The zero-order chi connectivity index (χ0) is 19.7. The maximum atomic E-state index is 13.0. The van der Waals surface area contributed by atoms with E-state index in [1.165, 1.54) is 0 Å². The zero-order valence-electron chi connectivity index (χ0n) is 16.3. The number of pyridine rings is 1. The Morgan fingerprint density at radius 1 is 1.14 bits per heavy atom. The van der Waals surface area contributed by atoms with Gasteiger partial charge >= 0.3 is 0 Å². The van der Waals surface area contributed by atoms with Crippen molar-refractivity contribution in [2.24, 2.45) is 7.05 Å². The van der Waals surface area contributed by atoms with Crippen LogP contribution in [0.3, 0.4) is 0 Å². The first-order valence-electron chi connectivity index (χ1n) is 9.69. The number of nitrogens with zero attached hydrogens (tertiary/aromatic N) is 5. The van der Waals surface area contributed by atoms with Gasteiger partial charge in [-0.05, 0) is 31.9 Å². The largest absolute Gasteiger partial charge is 0.378 e. The van der Waals surface area contributed by atoms with Crippen molar-refractivity contribution < 1.29 is 14.3 Å². The topological polar surface area (TPSA) is 80.6 Å². The first-order chi connectivity index (χ1) is 13.5. The van der Waals surface area contributed by atoms with Gasteiger partial charge in [0.2, 0.25) is 0 Å². The van der Waals surface area contributed by atoms with Gasteiger partial charge < -0.3 is 14.5 Å². The number of likely N-dealkylation sites (tertiary alicyclic amines) is 1. The third-order valence-corrected chi connectivity index (χ3v) is 5.43. The van der Waals surface area contributed by atoms with E-state index < -0.39 is 0 Å². The van der Waals surface area contributed by atoms with Crippen LogP contribution in [0.15, 0.2) is 24.5 Å². The van der Waals surface area contributed by atoms with Crippen LogP contribution in [0, 0.1) is 6.92 Å². The van der Waals surface area contributed by atoms with E-state index >= 15 is 0 Å². The second-order valence-corrected chi connectivity index (χ2v) is 7.33. The molecule has 0 saturated carbocycles. The van der Waals surface area contributed by atoms with Crippen LogP contribution in [0.25, 0.3) is 0 Å². The molecule has 2 aliphatic heterocycles. The molecule has 0 aromatic carbocycles. The molecule has 28 heavy (non-hydrogen) atoms. The van der Waals surface area contributed by atoms with Crippen LogP contribution in [0.5, 0.6) is 0 Å². The summed E-state index contributed by atoms with van der Waals surface area (Å²) in [5.41, 5.74) is 2.77. The molecule has 2 fully saturated rings. The van der Waals surface area contributed by atoms with E-state index in [9.17, 15) is 9.59 Å². The van der Waals surface area contributed by atoms with Crippen LogP contribution in [-0.4, -0.2) is 69.2 Å². The van der Waals surface area contributed by atoms with Crippen molar-refractivity contribution >= 4 is 11.8 Å². The van der Waals surface area contributed by atoms with E-state index in [2.05, 4.69) is 10.1 Å². The van der Waals surface area contributed by atoms with Crippen LogP contribution in [0.2, 0.25) is 0 Å². The first-order valence-corrected chi connectivity index (χ1v) is 9.69. The molecule has 8 heteroatoms. The molecule has 4 heterocycles. The second kappa shape index (κ2) is 7.71. The van der Waals surface area contributed by atoms with Crippen molar-refractivity contribution in [1.29, 1.82) is 0 Å². The number of morpholine rings is 1. The molecule has 2 aromatic heterocycles. The Bertz CT molecular complexity index is 870. The van der Waals surface area contributed by atoms with E-state index in [0.717, 1.165) is 24.2 Å². The van der Waals surface area contributed by atoms with Crippen LogP contribution in [0.1, 0.15) is 51.0 Å². The van der Waals surface area contributed by atoms with Gasteiger partial charge in [0.05, 0.1) is 41.8 Å². The average Bonchev–Trinajstić information content (AvgIpc) is 3.34. The highest BCUT2D eigenvalue weighted by atomic mass is 16.5. The van der Waals surface area contributed by atoms with Crippen LogP contribution < -0.4 is 0 Å². The van der Waals surface area contributed by atoms with Gasteiger partial charge in [0.25, 0.3) is 11.8 Å². The van der Waals surface area contributed by atoms with E-state index in [1.54, 1.807) is 22.0 Å². The minimum Gasteiger partial charge on any atom is -0.378 e. The van der Waals surface area contributed by atoms with Crippen molar-refractivity contribution in [3.05, 3.63) is 47.0 Å². The zero-order valence-corrected chi connectivity index (χ0v) is 16.3. The molecular formula is C20H25N5O3. The average molecular weight is 383 g/mol. The van der Waals surface area contributed by atoms with Gasteiger partial charge in [-0.15, -0.1) is 0 Å². The summed E-state index contributed by atoms with van der Waals surface area (Å²) in [4.78, 5) is 33.8. The molecule has 2 aromatic rings. The molecule has 1 atom stereocenters. The number of aryl methyl sites for hydroxylation is 2. The molecule has 2 aliphatic rings. The smallest absolute Gasteiger partial charge is 0.257 e. The predicted molar refractivity (Wildman–Crippen MR) is 102 cm³/mol. The molecule has 0 unspecified atom stereocenters. The fourth-order valence-electron chi connectivity index (χ4n) is 3.96. The molecule has 0 spiro atoms. The highest BCUT2D eigenvalue weighted by molar-refractivity contribution is 5.95. The summed E-state index contributed by atoms with van der Waals surface area (Å²) in [5, 5.41) is 4.28. The molecule has 0 N–H and O–H groups in total. The lowest BCUT2D eigenvalue weighted by atomic mass is 10.1. The molecule has 8 nitrogen and oxygen atoms in total. The summed E-state index contributed by atoms with van der Waals surface area (Å²) < 4.78 is 6.96. The van der Waals surface area contributed by atoms with Gasteiger partial charge in [0.1, 0.15) is 0 Å². The summed E-state index contributed by atoms with van der Waals surface area (Å²) in [6.07, 6.45) is 5.20. The Balaban J connectivity index is 1.50. The number of carbonyl (C=O) groups excluding carboxylic acids is 2. The van der Waals surface area contributed by atoms with Crippen LogP contribution in [0.4, 0.5) is 0 Å². The van der Waals surface area contributed by atoms with Crippen molar-refractivity contribution in [3.63, 3.8) is 0 Å². The Morgan fingerprint density at radius 2 is 1.93 bits per heavy atom. The van der Waals surface area contributed by atoms with E-state index in [1.807, 2.05) is 31.0 Å². The number of rotatable bonds is 3. The highest BCUT2D eigenvalue weighted by Gasteiger charge is 2.33. The lowest BCUT2D eigenvalue weighted by Crippen LogP contribution is -2.40. The van der Waals surface area contributed by atoms with Gasteiger partial charge in [0, 0.05) is 39.1 Å². The van der Waals surface area contributed by atoms with E-state index in [4.69, 9.17) is 4.74 Å². The summed E-state index contributed by atoms with van der Waals surface area (Å²) in [5.74, 6) is -0.0314. The number of hydrogen-bond acceptors (Lipinski definition) is 5. The number of hydrogen-bond donors (Lipinski definition) is 0. The molecule has 148 valence electrons. The minimum atomic E-state index is -0.0698. The molecule has 4 rings (SSSR count). The lowest BCUT2D eigenvalue weighted by molar-refractivity contribution is 0.0302. The Morgan fingerprint density at radius 3 is 2.57 bits per heavy atom. The Labute approximate surface area is 164 Å². The number of ether oxygens (including phenoxy) is 1. The van der Waals surface area contributed by atoms with Crippen molar-refractivity contribution in [2.75, 3.05) is 32.8 Å². The second-order valence-electron chi connectivity index (χ2n) is 7.33. The summed E-state index contributed by atoms with van der Waals surface area (Å²) in [6.45, 7) is 4.91. The van der Waals surface area contributed by atoms with Crippen molar-refractivity contribution in [2.45, 2.75) is 25.8 Å². The first kappa shape index (κ1) is 18.6. The lowest BCUT2D eigenvalue weighted by Gasteiger charge is -2.27.